The van der Waals surface area contributed by atoms with Gasteiger partial charge in [-0.05, 0) is 49.5 Å². The van der Waals surface area contributed by atoms with E-state index in [4.69, 9.17) is 9.47 Å². The van der Waals surface area contributed by atoms with Crippen LogP contribution in [0.15, 0.2) is 36.4 Å². The fraction of sp³-hybridized carbons (Fsp3) is 0.476. The first-order chi connectivity index (χ1) is 13.0. The first kappa shape index (κ1) is 22.4. The second-order valence-electron chi connectivity index (χ2n) is 6.18. The lowest BCUT2D eigenvalue weighted by atomic mass is 10.1. The van der Waals surface area contributed by atoms with Crippen molar-refractivity contribution in [1.82, 2.24) is 5.32 Å². The number of carbonyl (C=O) groups excluding carboxylic acids is 3. The minimum atomic E-state index is -0.256. The molecule has 1 rings (SSSR count). The molecule has 0 saturated heterocycles. The highest BCUT2D eigenvalue weighted by molar-refractivity contribution is 5.92. The maximum absolute atomic E-state index is 11.8. The number of hydrogen-bond donors (Lipinski definition) is 1. The van der Waals surface area contributed by atoms with Crippen LogP contribution in [0.25, 0.3) is 0 Å². The Kier molecular flexibility index (Phi) is 11.3. The van der Waals surface area contributed by atoms with Gasteiger partial charge in [-0.1, -0.05) is 18.2 Å². The van der Waals surface area contributed by atoms with Gasteiger partial charge < -0.3 is 14.8 Å². The summed E-state index contributed by atoms with van der Waals surface area (Å²) in [5.41, 5.74) is 0.976. The van der Waals surface area contributed by atoms with Crippen molar-refractivity contribution >= 4 is 17.7 Å². The Hall–Kier alpha value is -2.63. The molecule has 0 aliphatic rings. The summed E-state index contributed by atoms with van der Waals surface area (Å²) in [5.74, 6) is 0.327. The van der Waals surface area contributed by atoms with E-state index in [1.807, 2.05) is 30.3 Å². The van der Waals surface area contributed by atoms with E-state index < -0.39 is 0 Å². The van der Waals surface area contributed by atoms with Gasteiger partial charge in [0.15, 0.2) is 5.78 Å². The molecule has 0 radical (unpaired) electrons. The summed E-state index contributed by atoms with van der Waals surface area (Å²) in [6.07, 6.45) is 7.28. The lowest BCUT2D eigenvalue weighted by Crippen LogP contribution is -2.23. The molecule has 1 N–H and O–H groups in total. The van der Waals surface area contributed by atoms with Crippen molar-refractivity contribution in [3.63, 3.8) is 0 Å². The Bertz CT molecular complexity index is 622. The van der Waals surface area contributed by atoms with E-state index in [9.17, 15) is 14.4 Å². The number of ketones is 1. The second kappa shape index (κ2) is 13.6. The van der Waals surface area contributed by atoms with Crippen LogP contribution >= 0.6 is 0 Å². The normalized spacial score (nSPS) is 10.6. The van der Waals surface area contributed by atoms with Crippen molar-refractivity contribution in [2.75, 3.05) is 13.7 Å². The Morgan fingerprint density at radius 2 is 1.78 bits per heavy atom. The Morgan fingerprint density at radius 3 is 2.44 bits per heavy atom. The van der Waals surface area contributed by atoms with Gasteiger partial charge in [0.1, 0.15) is 5.75 Å². The van der Waals surface area contributed by atoms with Crippen molar-refractivity contribution < 1.29 is 23.9 Å². The third kappa shape index (κ3) is 11.6. The third-order valence-electron chi connectivity index (χ3n) is 3.87. The summed E-state index contributed by atoms with van der Waals surface area (Å²) in [7, 11) is 1.61. The molecule has 0 atom stereocenters. The van der Waals surface area contributed by atoms with Crippen LogP contribution in [0.1, 0.15) is 51.0 Å². The zero-order valence-corrected chi connectivity index (χ0v) is 16.2. The number of nitrogens with one attached hydrogen (secondary N) is 1. The molecule has 6 heteroatoms. The van der Waals surface area contributed by atoms with Crippen LogP contribution in [0, 0.1) is 0 Å². The van der Waals surface area contributed by atoms with E-state index in [0.29, 0.717) is 13.2 Å². The number of benzene rings is 1. The maximum atomic E-state index is 11.8. The Labute approximate surface area is 160 Å². The van der Waals surface area contributed by atoms with Gasteiger partial charge in [-0.15, -0.1) is 0 Å². The highest BCUT2D eigenvalue weighted by Gasteiger charge is 2.05. The van der Waals surface area contributed by atoms with E-state index in [1.54, 1.807) is 13.2 Å². The molecule has 0 unspecified atom stereocenters. The SMILES string of the molecule is COc1ccc(CNC(=O)CCC(=O)/C=C/CCCCCOC(C)=O)cc1. The molecule has 27 heavy (non-hydrogen) atoms. The van der Waals surface area contributed by atoms with Crippen molar-refractivity contribution in [2.45, 2.75) is 52.0 Å². The second-order valence-corrected chi connectivity index (χ2v) is 6.18. The molecule has 0 bridgehead atoms. The standard InChI is InChI=1S/C21H29NO5/c1-17(23)27-15-7-5-3-4-6-8-19(24)11-14-21(25)22-16-18-9-12-20(26-2)13-10-18/h6,8-10,12-13H,3-5,7,11,14-16H2,1-2H3,(H,22,25)/b8-6+. The first-order valence-electron chi connectivity index (χ1n) is 9.23. The van der Waals surface area contributed by atoms with E-state index in [1.165, 1.54) is 6.92 Å². The quantitative estimate of drug-likeness (QED) is 0.325. The van der Waals surface area contributed by atoms with Gasteiger partial charge in [0.2, 0.25) is 5.91 Å². The smallest absolute Gasteiger partial charge is 0.302 e. The van der Waals surface area contributed by atoms with E-state index >= 15 is 0 Å². The van der Waals surface area contributed by atoms with Crippen LogP contribution in [-0.4, -0.2) is 31.4 Å². The molecular weight excluding hydrogens is 346 g/mol. The van der Waals surface area contributed by atoms with Gasteiger partial charge in [-0.2, -0.15) is 0 Å². The van der Waals surface area contributed by atoms with Gasteiger partial charge in [0, 0.05) is 26.3 Å². The first-order valence-corrected chi connectivity index (χ1v) is 9.23. The summed E-state index contributed by atoms with van der Waals surface area (Å²) < 4.78 is 9.93. The number of ether oxygens (including phenoxy) is 2. The predicted molar refractivity (Wildman–Crippen MR) is 103 cm³/mol. The highest BCUT2D eigenvalue weighted by Crippen LogP contribution is 2.11. The lowest BCUT2D eigenvalue weighted by Gasteiger charge is -2.05. The molecule has 0 aliphatic heterocycles. The van der Waals surface area contributed by atoms with Crippen molar-refractivity contribution in [3.05, 3.63) is 42.0 Å². The molecule has 0 spiro atoms. The zero-order valence-electron chi connectivity index (χ0n) is 16.2. The minimum Gasteiger partial charge on any atom is -0.497 e. The van der Waals surface area contributed by atoms with Crippen LogP contribution in [0.3, 0.4) is 0 Å². The molecule has 0 saturated carbocycles. The average Bonchev–Trinajstić information content (AvgIpc) is 2.66. The fourth-order valence-electron chi connectivity index (χ4n) is 2.32. The van der Waals surface area contributed by atoms with Crippen molar-refractivity contribution in [1.29, 1.82) is 0 Å². The van der Waals surface area contributed by atoms with Crippen molar-refractivity contribution in [3.8, 4) is 5.75 Å². The molecule has 1 aromatic carbocycles. The van der Waals surface area contributed by atoms with E-state index in [0.717, 1.165) is 37.0 Å². The van der Waals surface area contributed by atoms with Crippen LogP contribution in [0.4, 0.5) is 0 Å². The molecular formula is C21H29NO5. The van der Waals surface area contributed by atoms with Gasteiger partial charge in [0.25, 0.3) is 0 Å². The summed E-state index contributed by atoms with van der Waals surface area (Å²) in [4.78, 5) is 34.2. The molecule has 148 valence electrons. The highest BCUT2D eigenvalue weighted by atomic mass is 16.5. The Morgan fingerprint density at radius 1 is 1.04 bits per heavy atom. The van der Waals surface area contributed by atoms with Gasteiger partial charge in [0.05, 0.1) is 13.7 Å². The van der Waals surface area contributed by atoms with Gasteiger partial charge in [-0.25, -0.2) is 0 Å². The molecule has 1 amide bonds. The van der Waals surface area contributed by atoms with Gasteiger partial charge >= 0.3 is 5.97 Å². The topological polar surface area (TPSA) is 81.7 Å². The van der Waals surface area contributed by atoms with Crippen LogP contribution in [-0.2, 0) is 25.7 Å². The number of rotatable bonds is 13. The number of unbranched alkanes of at least 4 members (excludes halogenated alkanes) is 3. The summed E-state index contributed by atoms with van der Waals surface area (Å²) >= 11 is 0. The third-order valence-corrected chi connectivity index (χ3v) is 3.87. The largest absolute Gasteiger partial charge is 0.497 e. The number of amides is 1. The molecule has 6 nitrogen and oxygen atoms in total. The molecule has 0 aromatic heterocycles. The monoisotopic (exact) mass is 375 g/mol. The van der Waals surface area contributed by atoms with Crippen LogP contribution < -0.4 is 10.1 Å². The molecule has 0 heterocycles. The summed E-state index contributed by atoms with van der Waals surface area (Å²) in [6, 6.07) is 7.46. The average molecular weight is 375 g/mol. The van der Waals surface area contributed by atoms with Crippen LogP contribution in [0.2, 0.25) is 0 Å². The van der Waals surface area contributed by atoms with Gasteiger partial charge in [-0.3, -0.25) is 14.4 Å². The molecule has 0 aliphatic carbocycles. The lowest BCUT2D eigenvalue weighted by molar-refractivity contribution is -0.141. The number of hydrogen-bond acceptors (Lipinski definition) is 5. The predicted octanol–water partition coefficient (Wildman–Crippen LogP) is 3.34. The number of allylic oxidation sites excluding steroid dienone is 2. The Balaban J connectivity index is 2.08. The maximum Gasteiger partial charge on any atom is 0.302 e. The molecule has 0 fully saturated rings. The fourth-order valence-corrected chi connectivity index (χ4v) is 2.32. The molecule has 1 aromatic rings. The summed E-state index contributed by atoms with van der Waals surface area (Å²) in [6.45, 7) is 2.28. The number of carbonyl (C=O) groups is 3. The van der Waals surface area contributed by atoms with Crippen molar-refractivity contribution in [2.24, 2.45) is 0 Å². The van der Waals surface area contributed by atoms with Crippen LogP contribution in [0.5, 0.6) is 5.75 Å². The summed E-state index contributed by atoms with van der Waals surface area (Å²) in [5, 5.41) is 2.80. The zero-order chi connectivity index (χ0) is 19.9. The minimum absolute atomic E-state index is 0.0467. The number of methoxy groups -OCH3 is 1. The van der Waals surface area contributed by atoms with E-state index in [2.05, 4.69) is 5.32 Å². The van der Waals surface area contributed by atoms with E-state index in [-0.39, 0.29) is 30.5 Å². The number of esters is 1.